The average Bonchev–Trinajstić information content (AvgIpc) is 2.04. The first kappa shape index (κ1) is 7.94. The summed E-state index contributed by atoms with van der Waals surface area (Å²) < 4.78 is 5.16. The normalized spacial score (nSPS) is 34.2. The number of likely N-dealkylation sites (N-methyl/N-ethyl adjacent to an activating group) is 1. The van der Waals surface area contributed by atoms with Crippen molar-refractivity contribution in [2.75, 3.05) is 27.2 Å². The SMILES string of the molecule is CNC1NCCNC1OC. The molecule has 1 rings (SSSR count). The summed E-state index contributed by atoms with van der Waals surface area (Å²) in [5, 5.41) is 9.60. The Kier molecular flexibility index (Phi) is 3.08. The highest BCUT2D eigenvalue weighted by Gasteiger charge is 2.21. The van der Waals surface area contributed by atoms with Crippen LogP contribution in [0.25, 0.3) is 0 Å². The van der Waals surface area contributed by atoms with Gasteiger partial charge in [0.05, 0.1) is 6.17 Å². The van der Waals surface area contributed by atoms with Crippen LogP contribution in [-0.4, -0.2) is 39.6 Å². The van der Waals surface area contributed by atoms with E-state index in [1.807, 2.05) is 7.05 Å². The van der Waals surface area contributed by atoms with Crippen molar-refractivity contribution >= 4 is 0 Å². The van der Waals surface area contributed by atoms with Crippen molar-refractivity contribution in [1.82, 2.24) is 16.0 Å². The molecule has 0 aromatic heterocycles. The van der Waals surface area contributed by atoms with Crippen molar-refractivity contribution in [3.63, 3.8) is 0 Å². The lowest BCUT2D eigenvalue weighted by molar-refractivity contribution is 0.0194. The zero-order valence-corrected chi connectivity index (χ0v) is 6.48. The predicted molar refractivity (Wildman–Crippen MR) is 39.7 cm³/mol. The number of ether oxygens (including phenoxy) is 1. The maximum Gasteiger partial charge on any atom is 0.136 e. The second-order valence-electron chi connectivity index (χ2n) is 2.33. The van der Waals surface area contributed by atoms with Crippen LogP contribution >= 0.6 is 0 Å². The predicted octanol–water partition coefficient (Wildman–Crippen LogP) is -1.30. The molecule has 3 N–H and O–H groups in total. The van der Waals surface area contributed by atoms with Crippen molar-refractivity contribution in [2.24, 2.45) is 0 Å². The Labute approximate surface area is 61.3 Å². The number of hydrogen-bond donors (Lipinski definition) is 3. The molecule has 0 radical (unpaired) electrons. The molecular weight excluding hydrogens is 130 g/mol. The lowest BCUT2D eigenvalue weighted by atomic mass is 10.3. The van der Waals surface area contributed by atoms with Crippen LogP contribution in [0.4, 0.5) is 0 Å². The lowest BCUT2D eigenvalue weighted by Crippen LogP contribution is -2.61. The second kappa shape index (κ2) is 3.88. The first-order valence-electron chi connectivity index (χ1n) is 3.55. The van der Waals surface area contributed by atoms with Gasteiger partial charge in [-0.1, -0.05) is 0 Å². The van der Waals surface area contributed by atoms with Gasteiger partial charge in [-0.05, 0) is 7.05 Å². The number of hydrogen-bond acceptors (Lipinski definition) is 4. The van der Waals surface area contributed by atoms with Crippen LogP contribution in [0.5, 0.6) is 0 Å². The molecule has 60 valence electrons. The summed E-state index contributed by atoms with van der Waals surface area (Å²) in [4.78, 5) is 0. The van der Waals surface area contributed by atoms with E-state index in [-0.39, 0.29) is 12.4 Å². The van der Waals surface area contributed by atoms with E-state index in [2.05, 4.69) is 16.0 Å². The van der Waals surface area contributed by atoms with Crippen molar-refractivity contribution in [3.05, 3.63) is 0 Å². The molecule has 0 spiro atoms. The van der Waals surface area contributed by atoms with Gasteiger partial charge in [0, 0.05) is 20.2 Å². The fourth-order valence-corrected chi connectivity index (χ4v) is 1.14. The molecule has 4 nitrogen and oxygen atoms in total. The van der Waals surface area contributed by atoms with Crippen molar-refractivity contribution < 1.29 is 4.74 Å². The van der Waals surface area contributed by atoms with E-state index in [1.54, 1.807) is 7.11 Å². The van der Waals surface area contributed by atoms with E-state index in [1.165, 1.54) is 0 Å². The van der Waals surface area contributed by atoms with Gasteiger partial charge in [-0.15, -0.1) is 0 Å². The third-order valence-electron chi connectivity index (χ3n) is 1.70. The molecule has 1 aliphatic rings. The van der Waals surface area contributed by atoms with Gasteiger partial charge in [-0.2, -0.15) is 0 Å². The zero-order chi connectivity index (χ0) is 7.40. The summed E-state index contributed by atoms with van der Waals surface area (Å²) >= 11 is 0. The highest BCUT2D eigenvalue weighted by atomic mass is 16.5. The molecule has 10 heavy (non-hydrogen) atoms. The maximum absolute atomic E-state index is 5.16. The molecule has 0 aliphatic carbocycles. The summed E-state index contributed by atoms with van der Waals surface area (Å²) in [5.74, 6) is 0. The highest BCUT2D eigenvalue weighted by Crippen LogP contribution is 1.93. The Bertz CT molecular complexity index is 87.0. The Balaban J connectivity index is 2.34. The maximum atomic E-state index is 5.16. The first-order chi connectivity index (χ1) is 4.88. The third kappa shape index (κ3) is 1.67. The molecule has 1 saturated heterocycles. The van der Waals surface area contributed by atoms with E-state index in [4.69, 9.17) is 4.74 Å². The Morgan fingerprint density at radius 2 is 2.10 bits per heavy atom. The number of nitrogens with one attached hydrogen (secondary N) is 3. The van der Waals surface area contributed by atoms with Crippen molar-refractivity contribution in [3.8, 4) is 0 Å². The largest absolute Gasteiger partial charge is 0.364 e. The summed E-state index contributed by atoms with van der Waals surface area (Å²) in [5.41, 5.74) is 0. The molecule has 0 bridgehead atoms. The fraction of sp³-hybridized carbons (Fsp3) is 1.00. The molecule has 2 atom stereocenters. The van der Waals surface area contributed by atoms with E-state index in [9.17, 15) is 0 Å². The van der Waals surface area contributed by atoms with E-state index < -0.39 is 0 Å². The first-order valence-corrected chi connectivity index (χ1v) is 3.55. The molecule has 4 heteroatoms. The number of methoxy groups -OCH3 is 1. The number of piperazine rings is 1. The molecule has 2 unspecified atom stereocenters. The second-order valence-corrected chi connectivity index (χ2v) is 2.33. The van der Waals surface area contributed by atoms with E-state index in [0.717, 1.165) is 13.1 Å². The standard InChI is InChI=1S/C6H15N3O/c1-7-5-6(10-2)9-4-3-8-5/h5-9H,3-4H2,1-2H3. The monoisotopic (exact) mass is 145 g/mol. The van der Waals surface area contributed by atoms with Crippen LogP contribution in [0.3, 0.4) is 0 Å². The lowest BCUT2D eigenvalue weighted by Gasteiger charge is -2.31. The van der Waals surface area contributed by atoms with Gasteiger partial charge in [0.25, 0.3) is 0 Å². The molecule has 0 amide bonds. The summed E-state index contributed by atoms with van der Waals surface area (Å²) in [6, 6.07) is 0. The summed E-state index contributed by atoms with van der Waals surface area (Å²) in [7, 11) is 3.62. The summed E-state index contributed by atoms with van der Waals surface area (Å²) in [6.07, 6.45) is 0.331. The highest BCUT2D eigenvalue weighted by molar-refractivity contribution is 4.76. The van der Waals surface area contributed by atoms with Crippen LogP contribution in [0.1, 0.15) is 0 Å². The Hall–Kier alpha value is -0.160. The van der Waals surface area contributed by atoms with Crippen LogP contribution in [0.2, 0.25) is 0 Å². The molecule has 1 heterocycles. The van der Waals surface area contributed by atoms with Gasteiger partial charge in [0.2, 0.25) is 0 Å². The Morgan fingerprint density at radius 1 is 1.40 bits per heavy atom. The van der Waals surface area contributed by atoms with E-state index in [0.29, 0.717) is 0 Å². The molecule has 0 aromatic rings. The molecular formula is C6H15N3O. The fourth-order valence-electron chi connectivity index (χ4n) is 1.14. The minimum Gasteiger partial charge on any atom is -0.364 e. The quantitative estimate of drug-likeness (QED) is 0.452. The van der Waals surface area contributed by atoms with Crippen molar-refractivity contribution in [2.45, 2.75) is 12.4 Å². The smallest absolute Gasteiger partial charge is 0.136 e. The minimum atomic E-state index is 0.0961. The molecule has 1 fully saturated rings. The summed E-state index contributed by atoms with van der Waals surface area (Å²) in [6.45, 7) is 1.96. The third-order valence-corrected chi connectivity index (χ3v) is 1.70. The van der Waals surface area contributed by atoms with Crippen LogP contribution in [0.15, 0.2) is 0 Å². The average molecular weight is 145 g/mol. The van der Waals surface area contributed by atoms with Gasteiger partial charge in [0.1, 0.15) is 6.23 Å². The van der Waals surface area contributed by atoms with Gasteiger partial charge in [0.15, 0.2) is 0 Å². The van der Waals surface area contributed by atoms with Crippen LogP contribution in [-0.2, 0) is 4.74 Å². The van der Waals surface area contributed by atoms with Gasteiger partial charge in [-0.25, -0.2) is 0 Å². The van der Waals surface area contributed by atoms with Gasteiger partial charge < -0.3 is 10.1 Å². The Morgan fingerprint density at radius 3 is 2.60 bits per heavy atom. The zero-order valence-electron chi connectivity index (χ0n) is 6.48. The topological polar surface area (TPSA) is 45.3 Å². The van der Waals surface area contributed by atoms with Crippen molar-refractivity contribution in [1.29, 1.82) is 0 Å². The molecule has 0 aromatic carbocycles. The number of rotatable bonds is 2. The van der Waals surface area contributed by atoms with Crippen LogP contribution in [0, 0.1) is 0 Å². The van der Waals surface area contributed by atoms with Gasteiger partial charge in [-0.3, -0.25) is 10.6 Å². The van der Waals surface area contributed by atoms with E-state index >= 15 is 0 Å². The molecule has 0 saturated carbocycles. The minimum absolute atomic E-state index is 0.0961. The molecule has 1 aliphatic heterocycles. The van der Waals surface area contributed by atoms with Gasteiger partial charge >= 0.3 is 0 Å². The van der Waals surface area contributed by atoms with Crippen LogP contribution < -0.4 is 16.0 Å².